The van der Waals surface area contributed by atoms with Crippen LogP contribution in [0, 0.1) is 20.8 Å². The molecule has 0 aliphatic heterocycles. The lowest BCUT2D eigenvalue weighted by Crippen LogP contribution is -2.32. The van der Waals surface area contributed by atoms with Crippen LogP contribution < -0.4 is 11.2 Å². The number of amides is 2. The van der Waals surface area contributed by atoms with Crippen LogP contribution in [0.15, 0.2) is 17.2 Å². The van der Waals surface area contributed by atoms with E-state index in [2.05, 4.69) is 5.10 Å². The molecular formula is C12H15N3O2. The van der Waals surface area contributed by atoms with Crippen LogP contribution >= 0.6 is 0 Å². The molecule has 0 atom stereocenters. The topological polar surface area (TPSA) is 84.6 Å². The van der Waals surface area contributed by atoms with Gasteiger partial charge in [-0.2, -0.15) is 5.10 Å². The van der Waals surface area contributed by atoms with Gasteiger partial charge >= 0.3 is 11.8 Å². The summed E-state index contributed by atoms with van der Waals surface area (Å²) in [6.07, 6.45) is 1.49. The zero-order chi connectivity index (χ0) is 13.0. The second kappa shape index (κ2) is 5.25. The molecule has 1 rings (SSSR count). The molecule has 2 amide bonds. The Kier molecular flexibility index (Phi) is 3.98. The first-order valence-electron chi connectivity index (χ1n) is 5.12. The maximum Gasteiger partial charge on any atom is 0.329 e. The number of hydrogen-bond donors (Lipinski definition) is 2. The molecule has 0 saturated heterocycles. The van der Waals surface area contributed by atoms with E-state index >= 15 is 0 Å². The fourth-order valence-corrected chi connectivity index (χ4v) is 1.34. The predicted molar refractivity (Wildman–Crippen MR) is 65.6 cm³/mol. The number of nitrogens with zero attached hydrogens (tertiary/aromatic N) is 1. The van der Waals surface area contributed by atoms with Crippen molar-refractivity contribution in [3.63, 3.8) is 0 Å². The van der Waals surface area contributed by atoms with E-state index in [1.54, 1.807) is 0 Å². The van der Waals surface area contributed by atoms with Gasteiger partial charge < -0.3 is 5.73 Å². The summed E-state index contributed by atoms with van der Waals surface area (Å²) in [4.78, 5) is 21.3. The monoisotopic (exact) mass is 233 g/mol. The van der Waals surface area contributed by atoms with Crippen molar-refractivity contribution >= 4 is 18.0 Å². The number of aryl methyl sites for hydroxylation is 3. The third kappa shape index (κ3) is 3.41. The molecule has 0 unspecified atom stereocenters. The van der Waals surface area contributed by atoms with E-state index in [-0.39, 0.29) is 0 Å². The lowest BCUT2D eigenvalue weighted by Gasteiger charge is -2.05. The molecule has 0 aliphatic carbocycles. The Morgan fingerprint density at radius 2 is 1.76 bits per heavy atom. The van der Waals surface area contributed by atoms with E-state index in [1.807, 2.05) is 38.3 Å². The summed E-state index contributed by atoms with van der Waals surface area (Å²) in [6.45, 7) is 5.97. The summed E-state index contributed by atoms with van der Waals surface area (Å²) in [7, 11) is 0. The fourth-order valence-electron chi connectivity index (χ4n) is 1.34. The molecule has 0 bridgehead atoms. The number of hydrazone groups is 1. The smallest absolute Gasteiger partial charge is 0.329 e. The minimum Gasteiger partial charge on any atom is -0.361 e. The van der Waals surface area contributed by atoms with Gasteiger partial charge in [0.05, 0.1) is 6.21 Å². The summed E-state index contributed by atoms with van der Waals surface area (Å²) in [5.74, 6) is -1.98. The van der Waals surface area contributed by atoms with Crippen molar-refractivity contribution in [2.24, 2.45) is 10.8 Å². The molecule has 1 aromatic rings. The molecule has 0 aliphatic rings. The third-order valence-electron chi connectivity index (χ3n) is 2.48. The molecule has 0 fully saturated rings. The standard InChI is InChI=1S/C12H15N3O2/c1-7-4-9(3)10(5-8(7)2)6-14-15-12(17)11(13)16/h4-6H,1-3H3,(H2,13,16)(H,15,17)/b14-6-. The molecule has 3 N–H and O–H groups in total. The molecule has 5 heteroatoms. The van der Waals surface area contributed by atoms with Gasteiger partial charge in [-0.25, -0.2) is 5.43 Å². The van der Waals surface area contributed by atoms with Crippen molar-refractivity contribution in [2.75, 3.05) is 0 Å². The zero-order valence-corrected chi connectivity index (χ0v) is 10.1. The Balaban J connectivity index is 2.82. The number of carbonyl (C=O) groups is 2. The Bertz CT molecular complexity index is 493. The largest absolute Gasteiger partial charge is 0.361 e. The third-order valence-corrected chi connectivity index (χ3v) is 2.48. The highest BCUT2D eigenvalue weighted by Crippen LogP contribution is 2.13. The summed E-state index contributed by atoms with van der Waals surface area (Å²) in [5, 5.41) is 3.67. The Hall–Kier alpha value is -2.17. The van der Waals surface area contributed by atoms with Crippen LogP contribution in [0.5, 0.6) is 0 Å². The number of primary amides is 1. The lowest BCUT2D eigenvalue weighted by atomic mass is 10.0. The van der Waals surface area contributed by atoms with Crippen LogP contribution in [0.1, 0.15) is 22.3 Å². The highest BCUT2D eigenvalue weighted by Gasteiger charge is 2.05. The number of hydrogen-bond acceptors (Lipinski definition) is 3. The minimum absolute atomic E-state index is 0.887. The van der Waals surface area contributed by atoms with E-state index < -0.39 is 11.8 Å². The van der Waals surface area contributed by atoms with Gasteiger partial charge in [0.2, 0.25) is 0 Å². The van der Waals surface area contributed by atoms with E-state index in [0.29, 0.717) is 0 Å². The van der Waals surface area contributed by atoms with Crippen LogP contribution in [0.2, 0.25) is 0 Å². The van der Waals surface area contributed by atoms with E-state index in [9.17, 15) is 9.59 Å². The SMILES string of the molecule is Cc1cc(C)c(/C=N\NC(=O)C(N)=O)cc1C. The first-order valence-corrected chi connectivity index (χ1v) is 5.12. The normalized spacial score (nSPS) is 10.5. The Morgan fingerprint density at radius 1 is 1.18 bits per heavy atom. The molecular weight excluding hydrogens is 218 g/mol. The van der Waals surface area contributed by atoms with Crippen molar-refractivity contribution in [1.82, 2.24) is 5.43 Å². The van der Waals surface area contributed by atoms with Gasteiger partial charge in [-0.3, -0.25) is 9.59 Å². The molecule has 0 heterocycles. The maximum absolute atomic E-state index is 10.8. The summed E-state index contributed by atoms with van der Waals surface area (Å²) in [6, 6.07) is 4.00. The quantitative estimate of drug-likeness (QED) is 0.444. The lowest BCUT2D eigenvalue weighted by molar-refractivity contribution is -0.137. The second-order valence-electron chi connectivity index (χ2n) is 3.86. The summed E-state index contributed by atoms with van der Waals surface area (Å²) >= 11 is 0. The van der Waals surface area contributed by atoms with Crippen molar-refractivity contribution in [3.05, 3.63) is 34.4 Å². The molecule has 0 saturated carbocycles. The number of nitrogens with one attached hydrogen (secondary N) is 1. The first kappa shape index (κ1) is 12.9. The van der Waals surface area contributed by atoms with Crippen molar-refractivity contribution in [1.29, 1.82) is 0 Å². The average Bonchev–Trinajstić information content (AvgIpc) is 2.25. The fraction of sp³-hybridized carbons (Fsp3) is 0.250. The molecule has 0 aromatic heterocycles. The predicted octanol–water partition coefficient (Wildman–Crippen LogP) is 0.547. The van der Waals surface area contributed by atoms with Crippen LogP contribution in [0.4, 0.5) is 0 Å². The first-order chi connectivity index (χ1) is 7.91. The number of carbonyl (C=O) groups excluding carboxylic acids is 2. The average molecular weight is 233 g/mol. The van der Waals surface area contributed by atoms with Gasteiger partial charge in [-0.05, 0) is 49.1 Å². The zero-order valence-electron chi connectivity index (χ0n) is 10.1. The second-order valence-corrected chi connectivity index (χ2v) is 3.86. The van der Waals surface area contributed by atoms with Gasteiger partial charge in [0, 0.05) is 0 Å². The van der Waals surface area contributed by atoms with E-state index in [1.165, 1.54) is 11.8 Å². The molecule has 1 aromatic carbocycles. The van der Waals surface area contributed by atoms with E-state index in [0.717, 1.165) is 16.7 Å². The highest BCUT2D eigenvalue weighted by molar-refractivity contribution is 6.34. The van der Waals surface area contributed by atoms with Gasteiger partial charge in [0.1, 0.15) is 0 Å². The summed E-state index contributed by atoms with van der Waals surface area (Å²) in [5.41, 5.74) is 11.1. The van der Waals surface area contributed by atoms with Crippen molar-refractivity contribution in [3.8, 4) is 0 Å². The molecule has 5 nitrogen and oxygen atoms in total. The Morgan fingerprint density at radius 3 is 2.35 bits per heavy atom. The number of nitrogens with two attached hydrogens (primary N) is 1. The Labute approximate surface area is 99.7 Å². The number of rotatable bonds is 2. The maximum atomic E-state index is 10.8. The molecule has 0 spiro atoms. The van der Waals surface area contributed by atoms with Crippen LogP contribution in [0.25, 0.3) is 0 Å². The van der Waals surface area contributed by atoms with Gasteiger partial charge in [0.15, 0.2) is 0 Å². The molecule has 90 valence electrons. The van der Waals surface area contributed by atoms with Crippen LogP contribution in [0.3, 0.4) is 0 Å². The molecule has 17 heavy (non-hydrogen) atoms. The molecule has 0 radical (unpaired) electrons. The highest BCUT2D eigenvalue weighted by atomic mass is 16.2. The van der Waals surface area contributed by atoms with Crippen molar-refractivity contribution < 1.29 is 9.59 Å². The van der Waals surface area contributed by atoms with Gasteiger partial charge in [-0.15, -0.1) is 0 Å². The van der Waals surface area contributed by atoms with Gasteiger partial charge in [-0.1, -0.05) is 6.07 Å². The minimum atomic E-state index is -1.06. The van der Waals surface area contributed by atoms with E-state index in [4.69, 9.17) is 5.73 Å². The number of benzene rings is 1. The van der Waals surface area contributed by atoms with Crippen LogP contribution in [-0.2, 0) is 9.59 Å². The van der Waals surface area contributed by atoms with Crippen LogP contribution in [-0.4, -0.2) is 18.0 Å². The summed E-state index contributed by atoms with van der Waals surface area (Å²) < 4.78 is 0. The van der Waals surface area contributed by atoms with Crippen molar-refractivity contribution in [2.45, 2.75) is 20.8 Å². The van der Waals surface area contributed by atoms with Gasteiger partial charge in [0.25, 0.3) is 0 Å².